The van der Waals surface area contributed by atoms with Gasteiger partial charge in [-0.25, -0.2) is 0 Å². The quantitative estimate of drug-likeness (QED) is 0.603. The van der Waals surface area contributed by atoms with Crippen molar-refractivity contribution in [2.24, 2.45) is 10.2 Å². The molecule has 0 saturated carbocycles. The van der Waals surface area contributed by atoms with Crippen LogP contribution in [0.1, 0.15) is 30.9 Å². The van der Waals surface area contributed by atoms with Crippen LogP contribution in [0.25, 0.3) is 0 Å². The molecule has 110 valence electrons. The van der Waals surface area contributed by atoms with Crippen LogP contribution >= 0.6 is 0 Å². The summed E-state index contributed by atoms with van der Waals surface area (Å²) in [5, 5.41) is 8.45. The highest BCUT2D eigenvalue weighted by Gasteiger charge is 2.04. The van der Waals surface area contributed by atoms with Crippen molar-refractivity contribution in [3.05, 3.63) is 47.5 Å². The molecule has 4 N–H and O–H groups in total. The Morgan fingerprint density at radius 1 is 0.952 bits per heavy atom. The molecule has 0 fully saturated rings. The number of nitrogens with zero attached hydrogens (tertiary/aromatic N) is 2. The van der Waals surface area contributed by atoms with Gasteiger partial charge in [-0.05, 0) is 55.2 Å². The second-order valence-electron chi connectivity index (χ2n) is 5.18. The second-order valence-corrected chi connectivity index (χ2v) is 5.18. The maximum absolute atomic E-state index is 5.99. The zero-order valence-corrected chi connectivity index (χ0v) is 12.6. The molecule has 0 radical (unpaired) electrons. The van der Waals surface area contributed by atoms with Crippen molar-refractivity contribution in [2.75, 3.05) is 11.5 Å². The van der Waals surface area contributed by atoms with E-state index < -0.39 is 0 Å². The average Bonchev–Trinajstić information content (AvgIpc) is 2.51. The number of nitrogen functional groups attached to an aromatic ring is 2. The average molecular weight is 282 g/mol. The Hall–Kier alpha value is -2.36. The molecule has 0 amide bonds. The molecule has 0 aliphatic rings. The topological polar surface area (TPSA) is 76.8 Å². The van der Waals surface area contributed by atoms with Gasteiger partial charge in [-0.2, -0.15) is 5.11 Å². The Labute approximate surface area is 125 Å². The maximum atomic E-state index is 5.99. The standard InChI is InChI=1S/C17H22N4/c1-3-4-5-13-6-8-14(9-7-13)20-21-16-11-10-15(18)12(2)17(16)19/h6-11H,3-5,18-19H2,1-2H3. The lowest BCUT2D eigenvalue weighted by atomic mass is 10.1. The Bertz CT molecular complexity index is 630. The lowest BCUT2D eigenvalue weighted by Gasteiger charge is -2.06. The number of hydrogen-bond acceptors (Lipinski definition) is 4. The lowest BCUT2D eigenvalue weighted by Crippen LogP contribution is -1.95. The second kappa shape index (κ2) is 6.88. The van der Waals surface area contributed by atoms with Crippen molar-refractivity contribution in [1.29, 1.82) is 0 Å². The van der Waals surface area contributed by atoms with Crippen LogP contribution in [0.2, 0.25) is 0 Å². The summed E-state index contributed by atoms with van der Waals surface area (Å²) < 4.78 is 0. The monoisotopic (exact) mass is 282 g/mol. The molecule has 2 rings (SSSR count). The fourth-order valence-electron chi connectivity index (χ4n) is 2.04. The first-order valence-electron chi connectivity index (χ1n) is 7.27. The van der Waals surface area contributed by atoms with E-state index in [0.717, 1.165) is 17.7 Å². The summed E-state index contributed by atoms with van der Waals surface area (Å²) in [6.07, 6.45) is 3.53. The van der Waals surface area contributed by atoms with E-state index in [0.29, 0.717) is 17.1 Å². The molecule has 4 nitrogen and oxygen atoms in total. The Kier molecular flexibility index (Phi) is 4.93. The fraction of sp³-hybridized carbons (Fsp3) is 0.294. The van der Waals surface area contributed by atoms with E-state index in [1.165, 1.54) is 18.4 Å². The molecule has 2 aromatic carbocycles. The molecule has 2 aromatic rings. The zero-order chi connectivity index (χ0) is 15.2. The van der Waals surface area contributed by atoms with E-state index in [9.17, 15) is 0 Å². The highest BCUT2D eigenvalue weighted by Crippen LogP contribution is 2.30. The summed E-state index contributed by atoms with van der Waals surface area (Å²) in [6.45, 7) is 4.08. The van der Waals surface area contributed by atoms with Gasteiger partial charge in [0.1, 0.15) is 5.69 Å². The van der Waals surface area contributed by atoms with Crippen LogP contribution in [0.3, 0.4) is 0 Å². The Balaban J connectivity index is 2.12. The van der Waals surface area contributed by atoms with Gasteiger partial charge in [0.05, 0.1) is 11.4 Å². The van der Waals surface area contributed by atoms with Gasteiger partial charge in [0.2, 0.25) is 0 Å². The number of rotatable bonds is 5. The first-order valence-corrected chi connectivity index (χ1v) is 7.27. The first-order chi connectivity index (χ1) is 10.1. The highest BCUT2D eigenvalue weighted by molar-refractivity contribution is 5.73. The van der Waals surface area contributed by atoms with Crippen molar-refractivity contribution < 1.29 is 0 Å². The summed E-state index contributed by atoms with van der Waals surface area (Å²) in [4.78, 5) is 0. The molecular weight excluding hydrogens is 260 g/mol. The van der Waals surface area contributed by atoms with Gasteiger partial charge in [0.15, 0.2) is 0 Å². The molecule has 0 saturated heterocycles. The van der Waals surface area contributed by atoms with Gasteiger partial charge in [-0.3, -0.25) is 0 Å². The van der Waals surface area contributed by atoms with Crippen LogP contribution in [0, 0.1) is 6.92 Å². The van der Waals surface area contributed by atoms with Crippen molar-refractivity contribution >= 4 is 22.7 Å². The zero-order valence-electron chi connectivity index (χ0n) is 12.6. The largest absolute Gasteiger partial charge is 0.398 e. The maximum Gasteiger partial charge on any atom is 0.109 e. The number of azo groups is 1. The number of nitrogens with two attached hydrogens (primary N) is 2. The number of hydrogen-bond donors (Lipinski definition) is 2. The van der Waals surface area contributed by atoms with E-state index in [2.05, 4.69) is 29.3 Å². The van der Waals surface area contributed by atoms with Gasteiger partial charge in [-0.1, -0.05) is 25.5 Å². The lowest BCUT2D eigenvalue weighted by molar-refractivity contribution is 0.795. The van der Waals surface area contributed by atoms with E-state index in [1.807, 2.05) is 19.1 Å². The van der Waals surface area contributed by atoms with Gasteiger partial charge in [0, 0.05) is 5.69 Å². The summed E-state index contributed by atoms with van der Waals surface area (Å²) >= 11 is 0. The van der Waals surface area contributed by atoms with E-state index in [-0.39, 0.29) is 0 Å². The smallest absolute Gasteiger partial charge is 0.109 e. The van der Waals surface area contributed by atoms with Crippen molar-refractivity contribution in [3.63, 3.8) is 0 Å². The number of anilines is 2. The van der Waals surface area contributed by atoms with Gasteiger partial charge >= 0.3 is 0 Å². The van der Waals surface area contributed by atoms with Crippen LogP contribution in [-0.4, -0.2) is 0 Å². The molecule has 0 atom stereocenters. The Morgan fingerprint density at radius 3 is 2.33 bits per heavy atom. The molecule has 0 spiro atoms. The van der Waals surface area contributed by atoms with Crippen LogP contribution in [0.5, 0.6) is 0 Å². The molecule has 0 aliphatic heterocycles. The van der Waals surface area contributed by atoms with Crippen molar-refractivity contribution in [2.45, 2.75) is 33.1 Å². The molecule has 0 aliphatic carbocycles. The predicted molar refractivity (Wildman–Crippen MR) is 89.2 cm³/mol. The fourth-order valence-corrected chi connectivity index (χ4v) is 2.04. The predicted octanol–water partition coefficient (Wildman–Crippen LogP) is 4.92. The third-order valence-electron chi connectivity index (χ3n) is 3.56. The summed E-state index contributed by atoms with van der Waals surface area (Å²) in [5.41, 5.74) is 16.7. The molecular formula is C17H22N4. The van der Waals surface area contributed by atoms with Crippen LogP contribution in [0.15, 0.2) is 46.6 Å². The molecule has 21 heavy (non-hydrogen) atoms. The molecule has 0 bridgehead atoms. The van der Waals surface area contributed by atoms with E-state index >= 15 is 0 Å². The van der Waals surface area contributed by atoms with Crippen molar-refractivity contribution in [1.82, 2.24) is 0 Å². The highest BCUT2D eigenvalue weighted by atomic mass is 15.1. The minimum atomic E-state index is 0.582. The summed E-state index contributed by atoms with van der Waals surface area (Å²) in [7, 11) is 0. The van der Waals surface area contributed by atoms with Gasteiger partial charge in [0.25, 0.3) is 0 Å². The molecule has 0 unspecified atom stereocenters. The minimum absolute atomic E-state index is 0.582. The summed E-state index contributed by atoms with van der Waals surface area (Å²) in [6, 6.07) is 11.7. The number of aryl methyl sites for hydroxylation is 1. The van der Waals surface area contributed by atoms with Crippen molar-refractivity contribution in [3.8, 4) is 0 Å². The third-order valence-corrected chi connectivity index (χ3v) is 3.56. The third kappa shape index (κ3) is 3.81. The molecule has 4 heteroatoms. The van der Waals surface area contributed by atoms with Crippen LogP contribution in [-0.2, 0) is 6.42 Å². The first kappa shape index (κ1) is 15.0. The van der Waals surface area contributed by atoms with Gasteiger partial charge < -0.3 is 11.5 Å². The molecule has 0 heterocycles. The minimum Gasteiger partial charge on any atom is -0.398 e. The normalized spacial score (nSPS) is 11.1. The van der Waals surface area contributed by atoms with Crippen LogP contribution < -0.4 is 11.5 Å². The van der Waals surface area contributed by atoms with E-state index in [1.54, 1.807) is 12.1 Å². The Morgan fingerprint density at radius 2 is 1.67 bits per heavy atom. The van der Waals surface area contributed by atoms with Gasteiger partial charge in [-0.15, -0.1) is 5.11 Å². The SMILES string of the molecule is CCCCc1ccc(N=Nc2ccc(N)c(C)c2N)cc1. The van der Waals surface area contributed by atoms with Crippen LogP contribution in [0.4, 0.5) is 22.7 Å². The van der Waals surface area contributed by atoms with E-state index in [4.69, 9.17) is 11.5 Å². The number of unbranched alkanes of at least 4 members (excludes halogenated alkanes) is 1. The summed E-state index contributed by atoms with van der Waals surface area (Å²) in [5.74, 6) is 0. The molecule has 0 aromatic heterocycles. The number of benzene rings is 2.